The Balaban J connectivity index is 1.74. The van der Waals surface area contributed by atoms with Crippen molar-refractivity contribution in [2.24, 2.45) is 7.05 Å². The minimum atomic E-state index is -1.76. The van der Waals surface area contributed by atoms with Crippen molar-refractivity contribution in [1.29, 1.82) is 0 Å². The summed E-state index contributed by atoms with van der Waals surface area (Å²) in [4.78, 5) is 19.8. The SMILES string of the molecule is Cn1cc(C(C)(O)c2cc(F)c3c(c2)C(=O)N(Cc2ccc(Cl)cn2)[C@@]3(OCCO)c2ccc(Cl)cc2)cn1. The van der Waals surface area contributed by atoms with Gasteiger partial charge in [-0.1, -0.05) is 35.3 Å². The molecule has 2 N–H and O–H groups in total. The predicted octanol–water partition coefficient (Wildman–Crippen LogP) is 4.38. The summed E-state index contributed by atoms with van der Waals surface area (Å²) in [5.41, 5.74) is -1.94. The third-order valence-electron chi connectivity index (χ3n) is 6.86. The first-order chi connectivity index (χ1) is 18.6. The minimum Gasteiger partial charge on any atom is -0.394 e. The molecular weight excluding hydrogens is 546 g/mol. The number of nitrogens with zero attached hydrogens (tertiary/aromatic N) is 4. The summed E-state index contributed by atoms with van der Waals surface area (Å²) >= 11 is 12.2. The fourth-order valence-electron chi connectivity index (χ4n) is 4.91. The number of aliphatic hydroxyl groups excluding tert-OH is 1. The largest absolute Gasteiger partial charge is 0.394 e. The zero-order valence-corrected chi connectivity index (χ0v) is 22.6. The van der Waals surface area contributed by atoms with Gasteiger partial charge in [0.25, 0.3) is 5.91 Å². The van der Waals surface area contributed by atoms with Gasteiger partial charge in [-0.2, -0.15) is 5.10 Å². The van der Waals surface area contributed by atoms with Crippen molar-refractivity contribution in [3.05, 3.63) is 116 Å². The normalized spacial score (nSPS) is 18.3. The first-order valence-corrected chi connectivity index (χ1v) is 12.8. The lowest BCUT2D eigenvalue weighted by Crippen LogP contribution is -2.47. The van der Waals surface area contributed by atoms with Crippen molar-refractivity contribution >= 4 is 29.1 Å². The Hall–Kier alpha value is -3.34. The van der Waals surface area contributed by atoms with Gasteiger partial charge >= 0.3 is 0 Å². The molecule has 1 aliphatic heterocycles. The molecule has 0 bridgehead atoms. The van der Waals surface area contributed by atoms with E-state index in [1.807, 2.05) is 0 Å². The van der Waals surface area contributed by atoms with E-state index in [4.69, 9.17) is 27.9 Å². The quantitative estimate of drug-likeness (QED) is 0.326. The van der Waals surface area contributed by atoms with Crippen molar-refractivity contribution in [2.75, 3.05) is 13.2 Å². The Morgan fingerprint density at radius 1 is 1.08 bits per heavy atom. The van der Waals surface area contributed by atoms with Crippen LogP contribution in [0.15, 0.2) is 67.1 Å². The van der Waals surface area contributed by atoms with Crippen LogP contribution in [-0.2, 0) is 29.7 Å². The summed E-state index contributed by atoms with van der Waals surface area (Å²) in [6.07, 6.45) is 4.55. The van der Waals surface area contributed by atoms with E-state index in [9.17, 15) is 15.0 Å². The number of hydrogen-bond acceptors (Lipinski definition) is 6. The van der Waals surface area contributed by atoms with Crippen LogP contribution in [0.1, 0.15) is 45.2 Å². The van der Waals surface area contributed by atoms with E-state index < -0.39 is 23.1 Å². The number of pyridine rings is 1. The number of amides is 1. The van der Waals surface area contributed by atoms with E-state index in [0.717, 1.165) is 0 Å². The highest BCUT2D eigenvalue weighted by atomic mass is 35.5. The molecule has 4 aromatic rings. The van der Waals surface area contributed by atoms with Crippen LogP contribution in [0.3, 0.4) is 0 Å². The van der Waals surface area contributed by atoms with Gasteiger partial charge in [0.15, 0.2) is 5.72 Å². The molecule has 8 nitrogen and oxygen atoms in total. The molecule has 2 atom stereocenters. The van der Waals surface area contributed by atoms with Crippen LogP contribution in [-0.4, -0.2) is 49.0 Å². The van der Waals surface area contributed by atoms with Gasteiger partial charge < -0.3 is 14.9 Å². The first kappa shape index (κ1) is 27.2. The first-order valence-electron chi connectivity index (χ1n) is 12.1. The van der Waals surface area contributed by atoms with E-state index in [1.165, 1.54) is 41.0 Å². The van der Waals surface area contributed by atoms with Crippen LogP contribution in [0.5, 0.6) is 0 Å². The van der Waals surface area contributed by atoms with Crippen LogP contribution < -0.4 is 0 Å². The molecule has 0 saturated heterocycles. The topological polar surface area (TPSA) is 101 Å². The summed E-state index contributed by atoms with van der Waals surface area (Å²) in [7, 11) is 1.70. The molecule has 0 saturated carbocycles. The van der Waals surface area contributed by atoms with E-state index in [2.05, 4.69) is 10.1 Å². The number of aryl methyl sites for hydroxylation is 1. The van der Waals surface area contributed by atoms with Crippen LogP contribution >= 0.6 is 23.2 Å². The van der Waals surface area contributed by atoms with Gasteiger partial charge in [-0.25, -0.2) is 4.39 Å². The second-order valence-electron chi connectivity index (χ2n) is 9.44. The van der Waals surface area contributed by atoms with Crippen molar-refractivity contribution in [3.63, 3.8) is 0 Å². The average Bonchev–Trinajstić information content (AvgIpc) is 3.45. The lowest BCUT2D eigenvalue weighted by molar-refractivity contribution is -0.120. The maximum atomic E-state index is 16.3. The molecule has 5 rings (SSSR count). The highest BCUT2D eigenvalue weighted by molar-refractivity contribution is 6.30. The Labute approximate surface area is 234 Å². The van der Waals surface area contributed by atoms with E-state index in [-0.39, 0.29) is 36.4 Å². The fourth-order valence-corrected chi connectivity index (χ4v) is 5.15. The number of rotatable bonds is 8. The molecule has 1 unspecified atom stereocenters. The number of hydrogen-bond donors (Lipinski definition) is 2. The number of ether oxygens (including phenoxy) is 1. The Morgan fingerprint density at radius 2 is 1.79 bits per heavy atom. The molecule has 3 heterocycles. The lowest BCUT2D eigenvalue weighted by atomic mass is 9.85. The molecule has 0 radical (unpaired) electrons. The summed E-state index contributed by atoms with van der Waals surface area (Å²) in [6, 6.07) is 12.5. The molecule has 0 aliphatic carbocycles. The zero-order valence-electron chi connectivity index (χ0n) is 21.1. The van der Waals surface area contributed by atoms with Crippen molar-refractivity contribution in [2.45, 2.75) is 24.8 Å². The second-order valence-corrected chi connectivity index (χ2v) is 10.3. The molecule has 2 aromatic carbocycles. The highest BCUT2D eigenvalue weighted by Crippen LogP contribution is 2.48. The number of fused-ring (bicyclic) bond motifs is 1. The molecular formula is C28H25Cl2FN4O4. The van der Waals surface area contributed by atoms with Gasteiger partial charge in [0.05, 0.1) is 47.8 Å². The van der Waals surface area contributed by atoms with Crippen molar-refractivity contribution < 1.29 is 24.1 Å². The summed E-state index contributed by atoms with van der Waals surface area (Å²) < 4.78 is 24.0. The van der Waals surface area contributed by atoms with Crippen LogP contribution in [0, 0.1) is 5.82 Å². The Morgan fingerprint density at radius 3 is 2.41 bits per heavy atom. The third-order valence-corrected chi connectivity index (χ3v) is 7.34. The molecule has 0 spiro atoms. The van der Waals surface area contributed by atoms with E-state index >= 15 is 4.39 Å². The molecule has 0 fully saturated rings. The number of aromatic nitrogens is 3. The summed E-state index contributed by atoms with van der Waals surface area (Å²) in [6.45, 7) is 0.872. The molecule has 202 valence electrons. The van der Waals surface area contributed by atoms with Crippen LogP contribution in [0.25, 0.3) is 0 Å². The molecule has 11 heteroatoms. The zero-order chi connectivity index (χ0) is 27.9. The third kappa shape index (κ3) is 4.70. The monoisotopic (exact) mass is 570 g/mol. The summed E-state index contributed by atoms with van der Waals surface area (Å²) in [5, 5.41) is 26.1. The number of carbonyl (C=O) groups is 1. The maximum Gasteiger partial charge on any atom is 0.257 e. The number of aliphatic hydroxyl groups is 2. The molecule has 39 heavy (non-hydrogen) atoms. The molecule has 1 amide bonds. The highest BCUT2D eigenvalue weighted by Gasteiger charge is 2.54. The molecule has 1 aliphatic rings. The Kier molecular flexibility index (Phi) is 7.21. The van der Waals surface area contributed by atoms with E-state index in [0.29, 0.717) is 26.9 Å². The Bertz CT molecular complexity index is 1530. The summed E-state index contributed by atoms with van der Waals surface area (Å²) in [5.74, 6) is -1.31. The van der Waals surface area contributed by atoms with Gasteiger partial charge in [-0.3, -0.25) is 19.4 Å². The van der Waals surface area contributed by atoms with Gasteiger partial charge in [-0.15, -0.1) is 0 Å². The van der Waals surface area contributed by atoms with Crippen LogP contribution in [0.2, 0.25) is 10.0 Å². The minimum absolute atomic E-state index is 0.0102. The second kappa shape index (κ2) is 10.3. The predicted molar refractivity (Wildman–Crippen MR) is 143 cm³/mol. The number of carbonyl (C=O) groups excluding carboxylic acids is 1. The van der Waals surface area contributed by atoms with Gasteiger partial charge in [0, 0.05) is 35.6 Å². The van der Waals surface area contributed by atoms with Crippen molar-refractivity contribution in [1.82, 2.24) is 19.7 Å². The van der Waals surface area contributed by atoms with Gasteiger partial charge in [0.1, 0.15) is 11.4 Å². The maximum absolute atomic E-state index is 16.3. The average molecular weight is 571 g/mol. The van der Waals surface area contributed by atoms with Gasteiger partial charge in [0.2, 0.25) is 0 Å². The number of benzene rings is 2. The fraction of sp³-hybridized carbons (Fsp3) is 0.250. The van der Waals surface area contributed by atoms with Gasteiger partial charge in [-0.05, 0) is 48.9 Å². The van der Waals surface area contributed by atoms with Crippen LogP contribution in [0.4, 0.5) is 4.39 Å². The van der Waals surface area contributed by atoms with E-state index in [1.54, 1.807) is 49.6 Å². The standard InChI is InChI=1S/C28H25Cl2FN4O4/c1-27(38,19-13-33-34(2)15-19)18-11-23-25(24(31)12-18)28(39-10-9-36,17-3-5-20(29)6-4-17)35(26(23)37)16-22-8-7-21(30)14-32-22/h3-8,11-15,36,38H,9-10,16H2,1-2H3/t27?,28-/m1/s1. The molecule has 2 aromatic heterocycles. The number of halogens is 3. The van der Waals surface area contributed by atoms with Crippen molar-refractivity contribution in [3.8, 4) is 0 Å². The lowest BCUT2D eigenvalue weighted by Gasteiger charge is -2.39. The smallest absolute Gasteiger partial charge is 0.257 e.